The Balaban J connectivity index is 2.12. The summed E-state index contributed by atoms with van der Waals surface area (Å²) in [5.41, 5.74) is 2.51. The summed E-state index contributed by atoms with van der Waals surface area (Å²) in [6, 6.07) is 6.75. The van der Waals surface area contributed by atoms with Gasteiger partial charge in [-0.25, -0.2) is 0 Å². The number of hydrogen-bond donors (Lipinski definition) is 1. The molecule has 2 rings (SSSR count). The Labute approximate surface area is 113 Å². The zero-order chi connectivity index (χ0) is 13.1. The van der Waals surface area contributed by atoms with Gasteiger partial charge in [0.2, 0.25) is 0 Å². The van der Waals surface area contributed by atoms with E-state index < -0.39 is 10.8 Å². The van der Waals surface area contributed by atoms with E-state index in [0.29, 0.717) is 11.3 Å². The fourth-order valence-electron chi connectivity index (χ4n) is 2.63. The van der Waals surface area contributed by atoms with Crippen molar-refractivity contribution in [1.82, 2.24) is 5.32 Å². The highest BCUT2D eigenvalue weighted by atomic mass is 32.2. The van der Waals surface area contributed by atoms with Gasteiger partial charge in [-0.3, -0.25) is 4.21 Å². The van der Waals surface area contributed by atoms with E-state index >= 15 is 0 Å². The predicted octanol–water partition coefficient (Wildman–Crippen LogP) is 2.94. The van der Waals surface area contributed by atoms with Gasteiger partial charge in [0.05, 0.1) is 10.8 Å². The van der Waals surface area contributed by atoms with Crippen LogP contribution in [0.2, 0.25) is 0 Å². The van der Waals surface area contributed by atoms with Crippen LogP contribution in [0, 0.1) is 13.8 Å². The average Bonchev–Trinajstić information content (AvgIpc) is 2.41. The Bertz CT molecular complexity index is 444. The summed E-state index contributed by atoms with van der Waals surface area (Å²) in [7, 11) is 1.16. The monoisotopic (exact) mass is 265 g/mol. The third-order valence-electron chi connectivity index (χ3n) is 4.05. The fourth-order valence-corrected chi connectivity index (χ4v) is 4.30. The first-order valence-corrected chi connectivity index (χ1v) is 7.98. The van der Waals surface area contributed by atoms with Crippen LogP contribution >= 0.6 is 0 Å². The minimum absolute atomic E-state index is 0.318. The lowest BCUT2D eigenvalue weighted by molar-refractivity contribution is 0.398. The van der Waals surface area contributed by atoms with E-state index in [2.05, 4.69) is 31.3 Å². The van der Waals surface area contributed by atoms with Crippen LogP contribution in [-0.4, -0.2) is 22.5 Å². The van der Waals surface area contributed by atoms with Gasteiger partial charge in [0.1, 0.15) is 0 Å². The molecule has 0 heterocycles. The van der Waals surface area contributed by atoms with Gasteiger partial charge in [0.25, 0.3) is 0 Å². The molecule has 0 spiro atoms. The normalized spacial score (nSPS) is 25.9. The minimum atomic E-state index is -0.851. The first-order chi connectivity index (χ1) is 8.61. The molecule has 3 heteroatoms. The summed E-state index contributed by atoms with van der Waals surface area (Å²) in [6.45, 7) is 4.19. The van der Waals surface area contributed by atoms with Gasteiger partial charge < -0.3 is 5.32 Å². The summed E-state index contributed by atoms with van der Waals surface area (Å²) in [5.74, 6) is 0. The quantitative estimate of drug-likeness (QED) is 0.910. The lowest BCUT2D eigenvalue weighted by atomic mass is 9.95. The van der Waals surface area contributed by atoms with Gasteiger partial charge in [-0.05, 0) is 63.4 Å². The van der Waals surface area contributed by atoms with Crippen molar-refractivity contribution in [1.29, 1.82) is 0 Å². The molecular formula is C15H23NOS. The third kappa shape index (κ3) is 3.01. The molecule has 1 N–H and O–H groups in total. The Kier molecular flexibility index (Phi) is 4.57. The molecule has 0 saturated heterocycles. The maximum absolute atomic E-state index is 12.6. The molecule has 2 nitrogen and oxygen atoms in total. The van der Waals surface area contributed by atoms with E-state index in [9.17, 15) is 4.21 Å². The Hall–Kier alpha value is -0.670. The Morgan fingerprint density at radius 1 is 1.22 bits per heavy atom. The summed E-state index contributed by atoms with van der Waals surface area (Å²) < 4.78 is 12.6. The lowest BCUT2D eigenvalue weighted by Crippen LogP contribution is -2.35. The Morgan fingerprint density at radius 2 is 2.00 bits per heavy atom. The van der Waals surface area contributed by atoms with Crippen molar-refractivity contribution in [3.05, 3.63) is 29.3 Å². The van der Waals surface area contributed by atoms with Gasteiger partial charge in [0, 0.05) is 16.2 Å². The van der Waals surface area contributed by atoms with Crippen molar-refractivity contribution < 1.29 is 4.21 Å². The smallest absolute Gasteiger partial charge is 0.0561 e. The molecule has 1 aromatic rings. The first kappa shape index (κ1) is 13.8. The third-order valence-corrected chi connectivity index (χ3v) is 5.80. The molecule has 3 unspecified atom stereocenters. The molecule has 1 aliphatic carbocycles. The van der Waals surface area contributed by atoms with Gasteiger partial charge in [0.15, 0.2) is 0 Å². The van der Waals surface area contributed by atoms with E-state index in [1.807, 2.05) is 13.1 Å². The molecule has 0 aromatic heterocycles. The van der Waals surface area contributed by atoms with Gasteiger partial charge in [-0.1, -0.05) is 12.5 Å². The lowest BCUT2D eigenvalue weighted by Gasteiger charge is -2.28. The average molecular weight is 265 g/mol. The summed E-state index contributed by atoms with van der Waals surface area (Å²) in [4.78, 5) is 1.000. The summed E-state index contributed by atoms with van der Waals surface area (Å²) in [6.07, 6.45) is 4.54. The molecule has 1 aromatic carbocycles. The topological polar surface area (TPSA) is 29.1 Å². The van der Waals surface area contributed by atoms with Gasteiger partial charge in [-0.2, -0.15) is 0 Å². The Morgan fingerprint density at radius 3 is 2.67 bits per heavy atom. The van der Waals surface area contributed by atoms with E-state index in [1.54, 1.807) is 0 Å². The molecule has 1 saturated carbocycles. The SMILES string of the molecule is CNC1CCCC(S(=O)c2ccc(C)c(C)c2)C1. The van der Waals surface area contributed by atoms with Crippen LogP contribution in [0.4, 0.5) is 0 Å². The molecule has 0 bridgehead atoms. The summed E-state index contributed by atoms with van der Waals surface area (Å²) in [5, 5.41) is 3.64. The van der Waals surface area contributed by atoms with Crippen molar-refractivity contribution in [2.24, 2.45) is 0 Å². The van der Waals surface area contributed by atoms with Crippen molar-refractivity contribution >= 4 is 10.8 Å². The van der Waals surface area contributed by atoms with E-state index in [-0.39, 0.29) is 0 Å². The summed E-state index contributed by atoms with van der Waals surface area (Å²) >= 11 is 0. The maximum Gasteiger partial charge on any atom is 0.0561 e. The standard InChI is InChI=1S/C15H23NOS/c1-11-7-8-15(9-12(11)2)18(17)14-6-4-5-13(10-14)16-3/h7-9,13-14,16H,4-6,10H2,1-3H3. The van der Waals surface area contributed by atoms with E-state index in [1.165, 1.54) is 24.0 Å². The second-order valence-corrected chi connectivity index (χ2v) is 7.05. The number of benzene rings is 1. The van der Waals surface area contributed by atoms with Crippen molar-refractivity contribution in [2.75, 3.05) is 7.05 Å². The largest absolute Gasteiger partial charge is 0.317 e. The molecule has 1 fully saturated rings. The molecule has 1 aliphatic rings. The van der Waals surface area contributed by atoms with E-state index in [4.69, 9.17) is 0 Å². The van der Waals surface area contributed by atoms with Crippen molar-refractivity contribution in [3.8, 4) is 0 Å². The molecule has 0 amide bonds. The predicted molar refractivity (Wildman–Crippen MR) is 77.4 cm³/mol. The molecule has 18 heavy (non-hydrogen) atoms. The van der Waals surface area contributed by atoms with Crippen LogP contribution in [-0.2, 0) is 10.8 Å². The first-order valence-electron chi connectivity index (χ1n) is 6.77. The zero-order valence-corrected chi connectivity index (χ0v) is 12.3. The van der Waals surface area contributed by atoms with Crippen LogP contribution in [0.15, 0.2) is 23.1 Å². The molecule has 3 atom stereocenters. The highest BCUT2D eigenvalue weighted by molar-refractivity contribution is 7.85. The van der Waals surface area contributed by atoms with Crippen LogP contribution in [0.1, 0.15) is 36.8 Å². The number of aryl methyl sites for hydroxylation is 2. The van der Waals surface area contributed by atoms with Crippen LogP contribution in [0.25, 0.3) is 0 Å². The maximum atomic E-state index is 12.6. The van der Waals surface area contributed by atoms with Gasteiger partial charge in [-0.15, -0.1) is 0 Å². The zero-order valence-electron chi connectivity index (χ0n) is 11.5. The van der Waals surface area contributed by atoms with Gasteiger partial charge >= 0.3 is 0 Å². The van der Waals surface area contributed by atoms with Crippen LogP contribution in [0.3, 0.4) is 0 Å². The fraction of sp³-hybridized carbons (Fsp3) is 0.600. The molecular weight excluding hydrogens is 242 g/mol. The highest BCUT2D eigenvalue weighted by Gasteiger charge is 2.26. The molecule has 0 aliphatic heterocycles. The van der Waals surface area contributed by atoms with Crippen molar-refractivity contribution in [2.45, 2.75) is 55.7 Å². The minimum Gasteiger partial charge on any atom is -0.317 e. The number of rotatable bonds is 3. The molecule has 100 valence electrons. The number of hydrogen-bond acceptors (Lipinski definition) is 2. The second-order valence-electron chi connectivity index (χ2n) is 5.32. The van der Waals surface area contributed by atoms with Crippen LogP contribution in [0.5, 0.6) is 0 Å². The van der Waals surface area contributed by atoms with Crippen LogP contribution < -0.4 is 5.32 Å². The molecule has 0 radical (unpaired) electrons. The van der Waals surface area contributed by atoms with E-state index in [0.717, 1.165) is 17.7 Å². The number of nitrogens with one attached hydrogen (secondary N) is 1. The van der Waals surface area contributed by atoms with Crippen molar-refractivity contribution in [3.63, 3.8) is 0 Å². The highest BCUT2D eigenvalue weighted by Crippen LogP contribution is 2.26. The second kappa shape index (κ2) is 5.98.